The molecule has 0 saturated heterocycles. The van der Waals surface area contributed by atoms with Crippen molar-refractivity contribution < 1.29 is 13.2 Å². The SMILES string of the molecule is [B]c1cc(I)cc(C(F)(F)F)c1. The Kier molecular flexibility index (Phi) is 2.70. The Bertz CT molecular complexity index is 275. The molecule has 0 bridgehead atoms. The van der Waals surface area contributed by atoms with E-state index < -0.39 is 11.7 Å². The standard InChI is InChI=1S/C7H3BF3I/c8-5-1-4(7(9,10)11)2-6(12)3-5/h1-3H. The molecule has 0 N–H and O–H groups in total. The van der Waals surface area contributed by atoms with Gasteiger partial charge in [-0.3, -0.25) is 0 Å². The topological polar surface area (TPSA) is 0 Å². The summed E-state index contributed by atoms with van der Waals surface area (Å²) in [6.07, 6.45) is -4.31. The van der Waals surface area contributed by atoms with Gasteiger partial charge in [-0.2, -0.15) is 13.2 Å². The van der Waals surface area contributed by atoms with Gasteiger partial charge in [0.2, 0.25) is 0 Å². The molecule has 0 aromatic heterocycles. The van der Waals surface area contributed by atoms with E-state index in [0.717, 1.165) is 12.1 Å². The summed E-state index contributed by atoms with van der Waals surface area (Å²) in [5.74, 6) is 0. The van der Waals surface area contributed by atoms with Crippen LogP contribution in [0.15, 0.2) is 18.2 Å². The third-order valence-corrected chi connectivity index (χ3v) is 1.87. The minimum Gasteiger partial charge on any atom is -0.166 e. The molecule has 12 heavy (non-hydrogen) atoms. The number of rotatable bonds is 0. The van der Waals surface area contributed by atoms with Crippen molar-refractivity contribution in [3.05, 3.63) is 27.3 Å². The summed E-state index contributed by atoms with van der Waals surface area (Å²) < 4.78 is 36.8. The maximum Gasteiger partial charge on any atom is 0.416 e. The van der Waals surface area contributed by atoms with E-state index in [1.165, 1.54) is 6.07 Å². The molecule has 0 unspecified atom stereocenters. The highest BCUT2D eigenvalue weighted by Gasteiger charge is 2.30. The molecule has 5 heteroatoms. The molecular weight excluding hydrogens is 279 g/mol. The molecular formula is C7H3BF3I. The van der Waals surface area contributed by atoms with Crippen molar-refractivity contribution in [3.63, 3.8) is 0 Å². The van der Waals surface area contributed by atoms with Gasteiger partial charge >= 0.3 is 6.18 Å². The molecule has 0 aliphatic rings. The molecule has 0 heterocycles. The highest BCUT2D eigenvalue weighted by molar-refractivity contribution is 14.1. The number of benzene rings is 1. The van der Waals surface area contributed by atoms with Gasteiger partial charge in [0.15, 0.2) is 0 Å². The maximum atomic E-state index is 12.1. The largest absolute Gasteiger partial charge is 0.416 e. The van der Waals surface area contributed by atoms with E-state index in [-0.39, 0.29) is 5.46 Å². The minimum atomic E-state index is -4.31. The van der Waals surface area contributed by atoms with Crippen molar-refractivity contribution >= 4 is 35.9 Å². The molecule has 1 aromatic carbocycles. The Morgan fingerprint density at radius 1 is 1.17 bits per heavy atom. The van der Waals surface area contributed by atoms with Gasteiger partial charge in [0.1, 0.15) is 7.85 Å². The number of halogens is 4. The summed E-state index contributed by atoms with van der Waals surface area (Å²) in [6, 6.07) is 3.45. The first-order valence-electron chi connectivity index (χ1n) is 3.03. The van der Waals surface area contributed by atoms with Gasteiger partial charge in [0, 0.05) is 3.57 Å². The highest BCUT2D eigenvalue weighted by Crippen LogP contribution is 2.29. The zero-order valence-corrected chi connectivity index (χ0v) is 7.98. The number of hydrogen-bond donors (Lipinski definition) is 0. The van der Waals surface area contributed by atoms with Gasteiger partial charge in [-0.05, 0) is 28.7 Å². The van der Waals surface area contributed by atoms with Gasteiger partial charge in [-0.1, -0.05) is 17.6 Å². The second kappa shape index (κ2) is 3.28. The minimum absolute atomic E-state index is 0.134. The summed E-state index contributed by atoms with van der Waals surface area (Å²) in [5.41, 5.74) is -0.568. The van der Waals surface area contributed by atoms with Gasteiger partial charge in [-0.25, -0.2) is 0 Å². The summed E-state index contributed by atoms with van der Waals surface area (Å²) in [7, 11) is 5.25. The van der Waals surface area contributed by atoms with E-state index in [1.807, 2.05) is 0 Å². The van der Waals surface area contributed by atoms with Crippen LogP contribution in [0.5, 0.6) is 0 Å². The normalized spacial score (nSPS) is 11.7. The van der Waals surface area contributed by atoms with Crippen LogP contribution in [0, 0.1) is 3.57 Å². The van der Waals surface area contributed by atoms with Crippen LogP contribution in [0.2, 0.25) is 0 Å². The number of hydrogen-bond acceptors (Lipinski definition) is 0. The zero-order chi connectivity index (χ0) is 9.35. The van der Waals surface area contributed by atoms with Gasteiger partial charge < -0.3 is 0 Å². The van der Waals surface area contributed by atoms with Crippen molar-refractivity contribution in [2.24, 2.45) is 0 Å². The molecule has 62 valence electrons. The first-order chi connectivity index (χ1) is 5.39. The van der Waals surface area contributed by atoms with E-state index in [1.54, 1.807) is 22.6 Å². The Labute approximate surface area is 82.7 Å². The first kappa shape index (κ1) is 9.89. The Hall–Kier alpha value is -0.195. The van der Waals surface area contributed by atoms with E-state index in [4.69, 9.17) is 7.85 Å². The molecule has 0 atom stereocenters. The molecule has 0 fully saturated rings. The summed E-state index contributed by atoms with van der Waals surface area (Å²) in [4.78, 5) is 0. The second-order valence-corrected chi connectivity index (χ2v) is 3.52. The maximum absolute atomic E-state index is 12.1. The predicted molar refractivity (Wildman–Crippen MR) is 49.5 cm³/mol. The van der Waals surface area contributed by atoms with Crippen LogP contribution < -0.4 is 5.46 Å². The van der Waals surface area contributed by atoms with E-state index in [2.05, 4.69) is 0 Å². The summed E-state index contributed by atoms with van der Waals surface area (Å²) in [6.45, 7) is 0. The highest BCUT2D eigenvalue weighted by atomic mass is 127. The summed E-state index contributed by atoms with van der Waals surface area (Å²) in [5, 5.41) is 0. The monoisotopic (exact) mass is 282 g/mol. The van der Waals surface area contributed by atoms with E-state index in [0.29, 0.717) is 3.57 Å². The molecule has 1 aromatic rings. The van der Waals surface area contributed by atoms with Crippen LogP contribution in [0.4, 0.5) is 13.2 Å². The lowest BCUT2D eigenvalue weighted by atomic mass is 9.94. The van der Waals surface area contributed by atoms with Crippen molar-refractivity contribution in [1.29, 1.82) is 0 Å². The first-order valence-corrected chi connectivity index (χ1v) is 4.11. The third kappa shape index (κ3) is 2.40. The molecule has 0 aliphatic heterocycles. The lowest BCUT2D eigenvalue weighted by Crippen LogP contribution is -2.11. The predicted octanol–water partition coefficient (Wildman–Crippen LogP) is 2.10. The summed E-state index contributed by atoms with van der Waals surface area (Å²) >= 11 is 1.79. The Balaban J connectivity index is 3.18. The third-order valence-electron chi connectivity index (χ3n) is 1.25. The van der Waals surface area contributed by atoms with Crippen molar-refractivity contribution in [3.8, 4) is 0 Å². The van der Waals surface area contributed by atoms with Crippen LogP contribution in [0.25, 0.3) is 0 Å². The van der Waals surface area contributed by atoms with Gasteiger partial charge in [0.05, 0.1) is 5.56 Å². The quantitative estimate of drug-likeness (QED) is 0.505. The van der Waals surface area contributed by atoms with E-state index >= 15 is 0 Å². The van der Waals surface area contributed by atoms with Gasteiger partial charge in [-0.15, -0.1) is 0 Å². The van der Waals surface area contributed by atoms with Crippen LogP contribution in [-0.2, 0) is 6.18 Å². The second-order valence-electron chi connectivity index (χ2n) is 2.27. The molecule has 2 radical (unpaired) electrons. The fourth-order valence-corrected chi connectivity index (χ4v) is 1.47. The van der Waals surface area contributed by atoms with Crippen LogP contribution in [0.3, 0.4) is 0 Å². The smallest absolute Gasteiger partial charge is 0.166 e. The van der Waals surface area contributed by atoms with Gasteiger partial charge in [0.25, 0.3) is 0 Å². The van der Waals surface area contributed by atoms with Crippen molar-refractivity contribution in [2.75, 3.05) is 0 Å². The molecule has 0 amide bonds. The lowest BCUT2D eigenvalue weighted by Gasteiger charge is -2.07. The Morgan fingerprint density at radius 3 is 2.17 bits per heavy atom. The molecule has 0 nitrogen and oxygen atoms in total. The fourth-order valence-electron chi connectivity index (χ4n) is 0.776. The van der Waals surface area contributed by atoms with Crippen LogP contribution in [-0.4, -0.2) is 7.85 Å². The Morgan fingerprint density at radius 2 is 1.75 bits per heavy atom. The molecule has 1 rings (SSSR count). The molecule has 0 spiro atoms. The molecule has 0 aliphatic carbocycles. The zero-order valence-electron chi connectivity index (χ0n) is 5.82. The van der Waals surface area contributed by atoms with Crippen LogP contribution >= 0.6 is 22.6 Å². The number of alkyl halides is 3. The van der Waals surface area contributed by atoms with Crippen molar-refractivity contribution in [2.45, 2.75) is 6.18 Å². The van der Waals surface area contributed by atoms with Crippen molar-refractivity contribution in [1.82, 2.24) is 0 Å². The fraction of sp³-hybridized carbons (Fsp3) is 0.143. The van der Waals surface area contributed by atoms with Crippen LogP contribution in [0.1, 0.15) is 5.56 Å². The van der Waals surface area contributed by atoms with E-state index in [9.17, 15) is 13.2 Å². The average Bonchev–Trinajstić information content (AvgIpc) is 1.82. The lowest BCUT2D eigenvalue weighted by molar-refractivity contribution is -0.137. The molecule has 0 saturated carbocycles. The average molecular weight is 282 g/mol.